The van der Waals surface area contributed by atoms with Crippen LogP contribution in [-0.4, -0.2) is 38.1 Å². The lowest BCUT2D eigenvalue weighted by Crippen LogP contribution is -2.46. The summed E-state index contributed by atoms with van der Waals surface area (Å²) in [7, 11) is -2.69. The van der Waals surface area contributed by atoms with E-state index >= 15 is 0 Å². The van der Waals surface area contributed by atoms with Gasteiger partial charge in [0.1, 0.15) is 11.6 Å². The Labute approximate surface area is 155 Å². The van der Waals surface area contributed by atoms with Crippen molar-refractivity contribution in [1.82, 2.24) is 15.2 Å². The molecule has 0 heterocycles. The van der Waals surface area contributed by atoms with Gasteiger partial charge in [0.15, 0.2) is 0 Å². The van der Waals surface area contributed by atoms with Gasteiger partial charge in [-0.3, -0.25) is 20.4 Å². The summed E-state index contributed by atoms with van der Waals surface area (Å²) in [4.78, 5) is 23.7. The number of hydrogen-bond acceptors (Lipinski definition) is 4. The zero-order valence-electron chi connectivity index (χ0n) is 14.5. The number of nitrogens with one attached hydrogen (secondary N) is 2. The van der Waals surface area contributed by atoms with Gasteiger partial charge in [-0.1, -0.05) is 17.7 Å². The first-order valence-electron chi connectivity index (χ1n) is 7.68. The van der Waals surface area contributed by atoms with Crippen molar-refractivity contribution in [1.29, 1.82) is 0 Å². The molecular weight excluding hydrogens is 380 g/mol. The minimum atomic E-state index is -3.89. The quantitative estimate of drug-likeness (QED) is 0.745. The van der Waals surface area contributed by atoms with E-state index in [0.29, 0.717) is 6.07 Å². The Morgan fingerprint density at radius 3 is 2.11 bits per heavy atom. The smallest absolute Gasteiger partial charge is 0.269 e. The van der Waals surface area contributed by atoms with Crippen LogP contribution in [0.15, 0.2) is 47.4 Å². The van der Waals surface area contributed by atoms with Gasteiger partial charge in [0.2, 0.25) is 10.0 Å². The van der Waals surface area contributed by atoms with Gasteiger partial charge >= 0.3 is 0 Å². The number of likely N-dealkylation sites (N-methyl/N-ethyl adjacent to an activating group) is 1. The average Bonchev–Trinajstić information content (AvgIpc) is 2.59. The molecule has 10 heteroatoms. The number of hydrazine groups is 1. The number of benzene rings is 2. The second-order valence-electron chi connectivity index (χ2n) is 5.73. The first kappa shape index (κ1) is 20.5. The molecule has 0 bridgehead atoms. The van der Waals surface area contributed by atoms with E-state index in [1.54, 1.807) is 19.1 Å². The predicted octanol–water partition coefficient (Wildman–Crippen LogP) is 1.35. The van der Waals surface area contributed by atoms with E-state index < -0.39 is 40.0 Å². The molecule has 0 spiro atoms. The molecule has 2 amide bonds. The Bertz CT molecular complexity index is 942. The fourth-order valence-corrected chi connectivity index (χ4v) is 3.23. The summed E-state index contributed by atoms with van der Waals surface area (Å²) in [6, 6.07) is 8.26. The molecule has 2 aromatic rings. The predicted molar refractivity (Wildman–Crippen MR) is 93.0 cm³/mol. The van der Waals surface area contributed by atoms with E-state index in [-0.39, 0.29) is 10.5 Å². The summed E-state index contributed by atoms with van der Waals surface area (Å²) >= 11 is 0. The number of nitrogens with zero attached hydrogens (tertiary/aromatic N) is 1. The molecule has 2 aromatic carbocycles. The monoisotopic (exact) mass is 397 g/mol. The zero-order valence-corrected chi connectivity index (χ0v) is 15.3. The second-order valence-corrected chi connectivity index (χ2v) is 7.78. The van der Waals surface area contributed by atoms with Crippen molar-refractivity contribution in [3.05, 3.63) is 65.2 Å². The molecule has 0 fully saturated rings. The average molecular weight is 397 g/mol. The molecule has 144 valence electrons. The number of halogens is 2. The van der Waals surface area contributed by atoms with Crippen LogP contribution < -0.4 is 10.9 Å². The minimum absolute atomic E-state index is 0.0164. The molecule has 0 aliphatic heterocycles. The molecular formula is C17H17F2N3O4S. The van der Waals surface area contributed by atoms with E-state index in [9.17, 15) is 26.8 Å². The molecule has 0 aromatic heterocycles. The topological polar surface area (TPSA) is 95.6 Å². The van der Waals surface area contributed by atoms with Crippen LogP contribution in [0.1, 0.15) is 15.9 Å². The summed E-state index contributed by atoms with van der Waals surface area (Å²) in [5.41, 5.74) is 4.50. The summed E-state index contributed by atoms with van der Waals surface area (Å²) in [5.74, 6) is -3.69. The molecule has 0 aliphatic carbocycles. The Hall–Kier alpha value is -2.85. The van der Waals surface area contributed by atoms with Gasteiger partial charge in [-0.25, -0.2) is 17.2 Å². The van der Waals surface area contributed by atoms with Crippen molar-refractivity contribution in [3.8, 4) is 0 Å². The van der Waals surface area contributed by atoms with Gasteiger partial charge in [0.05, 0.1) is 11.4 Å². The standard InChI is InChI=1S/C17H17F2N3O4S/c1-11-3-5-15(6-4-11)27(25,26)22(2)10-16(23)20-21-17(24)12-7-13(18)9-14(19)8-12/h3-9H,10H2,1-2H3,(H,20,23)(H,21,24). The number of aryl methyl sites for hydroxylation is 1. The van der Waals surface area contributed by atoms with E-state index in [4.69, 9.17) is 0 Å². The van der Waals surface area contributed by atoms with Gasteiger partial charge in [-0.2, -0.15) is 4.31 Å². The maximum absolute atomic E-state index is 13.1. The number of hydrogen-bond donors (Lipinski definition) is 2. The van der Waals surface area contributed by atoms with Gasteiger partial charge in [-0.05, 0) is 31.2 Å². The summed E-state index contributed by atoms with van der Waals surface area (Å²) in [6.07, 6.45) is 0. The highest BCUT2D eigenvalue weighted by atomic mass is 32.2. The maximum atomic E-state index is 13.1. The molecule has 2 N–H and O–H groups in total. The van der Waals surface area contributed by atoms with E-state index in [2.05, 4.69) is 0 Å². The van der Waals surface area contributed by atoms with Crippen LogP contribution in [0.5, 0.6) is 0 Å². The van der Waals surface area contributed by atoms with E-state index in [0.717, 1.165) is 22.0 Å². The highest BCUT2D eigenvalue weighted by Gasteiger charge is 2.23. The lowest BCUT2D eigenvalue weighted by atomic mass is 10.2. The normalized spacial score (nSPS) is 11.3. The molecule has 27 heavy (non-hydrogen) atoms. The molecule has 7 nitrogen and oxygen atoms in total. The Morgan fingerprint density at radius 1 is 1.00 bits per heavy atom. The Kier molecular flexibility index (Phi) is 6.24. The molecule has 2 rings (SSSR count). The molecule has 0 unspecified atom stereocenters. The Balaban J connectivity index is 1.96. The lowest BCUT2D eigenvalue weighted by Gasteiger charge is -2.17. The van der Waals surface area contributed by atoms with Crippen molar-refractivity contribution in [2.45, 2.75) is 11.8 Å². The van der Waals surface area contributed by atoms with Crippen molar-refractivity contribution in [2.75, 3.05) is 13.6 Å². The maximum Gasteiger partial charge on any atom is 0.269 e. The molecule has 0 saturated carbocycles. The van der Waals surface area contributed by atoms with Crippen LogP contribution in [0.25, 0.3) is 0 Å². The first-order valence-corrected chi connectivity index (χ1v) is 9.12. The van der Waals surface area contributed by atoms with E-state index in [1.807, 2.05) is 10.9 Å². The van der Waals surface area contributed by atoms with Crippen molar-refractivity contribution in [3.63, 3.8) is 0 Å². The first-order chi connectivity index (χ1) is 12.6. The molecule has 0 aliphatic rings. The molecule has 0 atom stereocenters. The Morgan fingerprint density at radius 2 is 1.56 bits per heavy atom. The van der Waals surface area contributed by atoms with Crippen LogP contribution >= 0.6 is 0 Å². The number of carbonyl (C=O) groups is 2. The molecule has 0 saturated heterocycles. The highest BCUT2D eigenvalue weighted by molar-refractivity contribution is 7.89. The van der Waals surface area contributed by atoms with E-state index in [1.165, 1.54) is 19.2 Å². The van der Waals surface area contributed by atoms with Gasteiger partial charge < -0.3 is 0 Å². The van der Waals surface area contributed by atoms with Crippen LogP contribution in [0.4, 0.5) is 8.78 Å². The van der Waals surface area contributed by atoms with Crippen molar-refractivity contribution >= 4 is 21.8 Å². The summed E-state index contributed by atoms with van der Waals surface area (Å²) < 4.78 is 51.8. The van der Waals surface area contributed by atoms with Crippen molar-refractivity contribution < 1.29 is 26.8 Å². The van der Waals surface area contributed by atoms with Crippen molar-refractivity contribution in [2.24, 2.45) is 0 Å². The van der Waals surface area contributed by atoms with Crippen LogP contribution in [-0.2, 0) is 14.8 Å². The third-order valence-corrected chi connectivity index (χ3v) is 5.35. The minimum Gasteiger partial charge on any atom is -0.272 e. The van der Waals surface area contributed by atoms with Crippen LogP contribution in [0.3, 0.4) is 0 Å². The lowest BCUT2D eigenvalue weighted by molar-refractivity contribution is -0.121. The van der Waals surface area contributed by atoms with Gasteiger partial charge in [0.25, 0.3) is 11.8 Å². The summed E-state index contributed by atoms with van der Waals surface area (Å²) in [5, 5.41) is 0. The fraction of sp³-hybridized carbons (Fsp3) is 0.176. The number of rotatable bonds is 5. The fourth-order valence-electron chi connectivity index (χ4n) is 2.10. The summed E-state index contributed by atoms with van der Waals surface area (Å²) in [6.45, 7) is 1.23. The zero-order chi connectivity index (χ0) is 20.2. The van der Waals surface area contributed by atoms with Crippen LogP contribution in [0, 0.1) is 18.6 Å². The number of amides is 2. The third-order valence-electron chi connectivity index (χ3n) is 3.54. The third kappa shape index (κ3) is 5.31. The largest absolute Gasteiger partial charge is 0.272 e. The SMILES string of the molecule is Cc1ccc(S(=O)(=O)N(C)CC(=O)NNC(=O)c2cc(F)cc(F)c2)cc1. The number of sulfonamides is 1. The number of carbonyl (C=O) groups excluding carboxylic acids is 2. The highest BCUT2D eigenvalue weighted by Crippen LogP contribution is 2.14. The molecule has 0 radical (unpaired) electrons. The second kappa shape index (κ2) is 8.23. The van der Waals surface area contributed by atoms with Gasteiger partial charge in [-0.15, -0.1) is 0 Å². The van der Waals surface area contributed by atoms with Gasteiger partial charge in [0, 0.05) is 18.7 Å². The van der Waals surface area contributed by atoms with Crippen LogP contribution in [0.2, 0.25) is 0 Å².